The molecule has 2 rings (SSSR count). The molecule has 0 aliphatic heterocycles. The first-order chi connectivity index (χ1) is 8.17. The second-order valence-electron chi connectivity index (χ2n) is 4.20. The molecule has 2 aromatic rings. The zero-order chi connectivity index (χ0) is 12.4. The average molecular weight is 230 g/mol. The van der Waals surface area contributed by atoms with Gasteiger partial charge in [-0.1, -0.05) is 17.3 Å². The van der Waals surface area contributed by atoms with Crippen LogP contribution < -0.4 is 5.73 Å². The van der Waals surface area contributed by atoms with Crippen molar-refractivity contribution < 1.29 is 0 Å². The van der Waals surface area contributed by atoms with Gasteiger partial charge < -0.3 is 5.73 Å². The summed E-state index contributed by atoms with van der Waals surface area (Å²) in [6, 6.07) is 6.39. The Bertz CT molecular complexity index is 507. The molecular formula is C13H18N4. The molecular weight excluding hydrogens is 212 g/mol. The van der Waals surface area contributed by atoms with E-state index in [1.165, 1.54) is 11.1 Å². The van der Waals surface area contributed by atoms with E-state index in [0.717, 1.165) is 23.5 Å². The molecule has 0 unspecified atom stereocenters. The second-order valence-corrected chi connectivity index (χ2v) is 4.20. The smallest absolute Gasteiger partial charge is 0.104 e. The number of hydrogen-bond acceptors (Lipinski definition) is 3. The minimum atomic E-state index is 0.419. The first-order valence-corrected chi connectivity index (χ1v) is 5.87. The Morgan fingerprint density at radius 2 is 2.00 bits per heavy atom. The lowest BCUT2D eigenvalue weighted by Crippen LogP contribution is -2.03. The number of rotatable bonds is 3. The van der Waals surface area contributed by atoms with E-state index in [0.29, 0.717) is 6.54 Å². The molecule has 1 heterocycles. The Balaban J connectivity index is 2.58. The predicted octanol–water partition coefficient (Wildman–Crippen LogP) is 2.04. The Morgan fingerprint density at radius 1 is 1.24 bits per heavy atom. The van der Waals surface area contributed by atoms with Crippen molar-refractivity contribution in [2.45, 2.75) is 33.9 Å². The Hall–Kier alpha value is -1.68. The molecule has 0 amide bonds. The summed E-state index contributed by atoms with van der Waals surface area (Å²) in [5, 5.41) is 8.24. The molecule has 1 aromatic heterocycles. The maximum absolute atomic E-state index is 5.71. The summed E-state index contributed by atoms with van der Waals surface area (Å²) in [7, 11) is 0. The number of nitrogens with two attached hydrogens (primary N) is 1. The molecule has 0 atom stereocenters. The number of benzene rings is 1. The normalized spacial score (nSPS) is 10.8. The van der Waals surface area contributed by atoms with E-state index >= 15 is 0 Å². The molecule has 0 aliphatic rings. The summed E-state index contributed by atoms with van der Waals surface area (Å²) in [4.78, 5) is 0. The lowest BCUT2D eigenvalue weighted by molar-refractivity contribution is 0.632. The average Bonchev–Trinajstić information content (AvgIpc) is 2.75. The van der Waals surface area contributed by atoms with Crippen molar-refractivity contribution in [3.63, 3.8) is 0 Å². The van der Waals surface area contributed by atoms with E-state index in [1.54, 1.807) is 0 Å². The largest absolute Gasteiger partial charge is 0.325 e. The molecule has 90 valence electrons. The van der Waals surface area contributed by atoms with Crippen LogP contribution in [0.5, 0.6) is 0 Å². The first kappa shape index (κ1) is 11.8. The fraction of sp³-hybridized carbons (Fsp3) is 0.385. The van der Waals surface area contributed by atoms with Crippen LogP contribution in [0.15, 0.2) is 18.2 Å². The van der Waals surface area contributed by atoms with Gasteiger partial charge in [0.2, 0.25) is 0 Å². The topological polar surface area (TPSA) is 56.7 Å². The monoisotopic (exact) mass is 230 g/mol. The maximum Gasteiger partial charge on any atom is 0.104 e. The number of nitrogens with zero attached hydrogens (tertiary/aromatic N) is 3. The van der Waals surface area contributed by atoms with Gasteiger partial charge in [0, 0.05) is 18.7 Å². The molecule has 0 bridgehead atoms. The SMILES string of the molecule is CCn1nnc(CN)c1-c1ccc(C)c(C)c1. The highest BCUT2D eigenvalue weighted by Crippen LogP contribution is 2.24. The third-order valence-electron chi connectivity index (χ3n) is 3.08. The van der Waals surface area contributed by atoms with Crippen LogP contribution in [-0.2, 0) is 13.1 Å². The fourth-order valence-corrected chi connectivity index (χ4v) is 1.91. The van der Waals surface area contributed by atoms with Crippen molar-refractivity contribution in [1.29, 1.82) is 0 Å². The molecule has 1 aromatic carbocycles. The van der Waals surface area contributed by atoms with Crippen LogP contribution >= 0.6 is 0 Å². The van der Waals surface area contributed by atoms with Gasteiger partial charge in [-0.05, 0) is 38.0 Å². The predicted molar refractivity (Wildman–Crippen MR) is 68.5 cm³/mol. The highest BCUT2D eigenvalue weighted by molar-refractivity contribution is 5.63. The van der Waals surface area contributed by atoms with Gasteiger partial charge in [0.25, 0.3) is 0 Å². The third kappa shape index (κ3) is 2.08. The van der Waals surface area contributed by atoms with Crippen LogP contribution in [0.1, 0.15) is 23.7 Å². The second kappa shape index (κ2) is 4.67. The summed E-state index contributed by atoms with van der Waals surface area (Å²) in [5.74, 6) is 0. The van der Waals surface area contributed by atoms with Crippen LogP contribution in [0.25, 0.3) is 11.3 Å². The molecule has 17 heavy (non-hydrogen) atoms. The van der Waals surface area contributed by atoms with E-state index < -0.39 is 0 Å². The molecule has 4 heteroatoms. The lowest BCUT2D eigenvalue weighted by atomic mass is 10.0. The minimum Gasteiger partial charge on any atom is -0.325 e. The van der Waals surface area contributed by atoms with Crippen molar-refractivity contribution >= 4 is 0 Å². The molecule has 2 N–H and O–H groups in total. The van der Waals surface area contributed by atoms with Gasteiger partial charge in [0.1, 0.15) is 5.69 Å². The Labute approximate surface area is 101 Å². The third-order valence-corrected chi connectivity index (χ3v) is 3.08. The molecule has 0 fully saturated rings. The highest BCUT2D eigenvalue weighted by atomic mass is 15.4. The molecule has 0 saturated heterocycles. The van der Waals surface area contributed by atoms with E-state index in [2.05, 4.69) is 49.3 Å². The maximum atomic E-state index is 5.71. The lowest BCUT2D eigenvalue weighted by Gasteiger charge is -2.08. The van der Waals surface area contributed by atoms with E-state index in [4.69, 9.17) is 5.73 Å². The van der Waals surface area contributed by atoms with Crippen LogP contribution in [-0.4, -0.2) is 15.0 Å². The van der Waals surface area contributed by atoms with E-state index in [1.807, 2.05) is 4.68 Å². The minimum absolute atomic E-state index is 0.419. The summed E-state index contributed by atoms with van der Waals surface area (Å²) >= 11 is 0. The van der Waals surface area contributed by atoms with Gasteiger partial charge in [-0.25, -0.2) is 4.68 Å². The van der Waals surface area contributed by atoms with Crippen molar-refractivity contribution in [2.24, 2.45) is 5.73 Å². The first-order valence-electron chi connectivity index (χ1n) is 5.87. The fourth-order valence-electron chi connectivity index (χ4n) is 1.91. The number of hydrogen-bond donors (Lipinski definition) is 1. The van der Waals surface area contributed by atoms with Crippen LogP contribution in [0.3, 0.4) is 0 Å². The molecule has 0 spiro atoms. The van der Waals surface area contributed by atoms with Gasteiger partial charge >= 0.3 is 0 Å². The Morgan fingerprint density at radius 3 is 2.59 bits per heavy atom. The number of aryl methyl sites for hydroxylation is 3. The Kier molecular flexibility index (Phi) is 3.24. The van der Waals surface area contributed by atoms with Gasteiger partial charge in [0.05, 0.1) is 5.69 Å². The van der Waals surface area contributed by atoms with Crippen molar-refractivity contribution in [3.8, 4) is 11.3 Å². The molecule has 0 radical (unpaired) electrons. The molecule has 4 nitrogen and oxygen atoms in total. The quantitative estimate of drug-likeness (QED) is 0.877. The summed E-state index contributed by atoms with van der Waals surface area (Å²) in [6.45, 7) is 7.50. The van der Waals surface area contributed by atoms with Crippen molar-refractivity contribution in [3.05, 3.63) is 35.0 Å². The van der Waals surface area contributed by atoms with Gasteiger partial charge in [-0.3, -0.25) is 0 Å². The highest BCUT2D eigenvalue weighted by Gasteiger charge is 2.13. The summed E-state index contributed by atoms with van der Waals surface area (Å²) < 4.78 is 1.90. The van der Waals surface area contributed by atoms with Gasteiger partial charge in [-0.15, -0.1) is 5.10 Å². The number of aromatic nitrogens is 3. The van der Waals surface area contributed by atoms with Crippen LogP contribution in [0.2, 0.25) is 0 Å². The van der Waals surface area contributed by atoms with Crippen LogP contribution in [0.4, 0.5) is 0 Å². The summed E-state index contributed by atoms with van der Waals surface area (Å²) in [5.41, 5.74) is 11.3. The zero-order valence-corrected chi connectivity index (χ0v) is 10.6. The standard InChI is InChI=1S/C13H18N4/c1-4-17-13(12(8-14)15-16-17)11-6-5-9(2)10(3)7-11/h5-7H,4,8,14H2,1-3H3. The summed E-state index contributed by atoms with van der Waals surface area (Å²) in [6.07, 6.45) is 0. The zero-order valence-electron chi connectivity index (χ0n) is 10.6. The van der Waals surface area contributed by atoms with Crippen molar-refractivity contribution in [1.82, 2.24) is 15.0 Å². The van der Waals surface area contributed by atoms with Gasteiger partial charge in [0.15, 0.2) is 0 Å². The molecule has 0 saturated carbocycles. The van der Waals surface area contributed by atoms with Gasteiger partial charge in [-0.2, -0.15) is 0 Å². The molecule has 0 aliphatic carbocycles. The van der Waals surface area contributed by atoms with E-state index in [9.17, 15) is 0 Å². The van der Waals surface area contributed by atoms with E-state index in [-0.39, 0.29) is 0 Å². The van der Waals surface area contributed by atoms with Crippen molar-refractivity contribution in [2.75, 3.05) is 0 Å². The van der Waals surface area contributed by atoms with Crippen LogP contribution in [0, 0.1) is 13.8 Å².